The Bertz CT molecular complexity index is 753. The van der Waals surface area contributed by atoms with Crippen LogP contribution in [0.15, 0.2) is 48.8 Å². The van der Waals surface area contributed by atoms with Crippen molar-refractivity contribution in [1.29, 1.82) is 0 Å². The number of pyridine rings is 1. The summed E-state index contributed by atoms with van der Waals surface area (Å²) in [4.78, 5) is 9.48. The summed E-state index contributed by atoms with van der Waals surface area (Å²) in [7, 11) is 0. The van der Waals surface area contributed by atoms with E-state index in [2.05, 4.69) is 9.97 Å². The van der Waals surface area contributed by atoms with Crippen LogP contribution in [0.1, 0.15) is 17.8 Å². The van der Waals surface area contributed by atoms with Gasteiger partial charge in [-0.05, 0) is 31.2 Å². The fourth-order valence-corrected chi connectivity index (χ4v) is 3.14. The fourth-order valence-electron chi connectivity index (χ4n) is 2.10. The molecule has 106 valence electrons. The van der Waals surface area contributed by atoms with E-state index >= 15 is 0 Å². The van der Waals surface area contributed by atoms with Crippen molar-refractivity contribution in [3.05, 3.63) is 59.5 Å². The molecular weight excluding hydrogens is 285 g/mol. The number of benzene rings is 1. The summed E-state index contributed by atoms with van der Waals surface area (Å²) in [5, 5.41) is 0.822. The summed E-state index contributed by atoms with van der Waals surface area (Å²) in [6, 6.07) is 10.2. The van der Waals surface area contributed by atoms with Gasteiger partial charge >= 0.3 is 0 Å². The monoisotopic (exact) mass is 299 g/mol. The first-order valence-electron chi connectivity index (χ1n) is 6.58. The van der Waals surface area contributed by atoms with E-state index in [1.165, 1.54) is 17.4 Å². The van der Waals surface area contributed by atoms with Crippen molar-refractivity contribution in [3.63, 3.8) is 0 Å². The van der Waals surface area contributed by atoms with Gasteiger partial charge in [0.15, 0.2) is 0 Å². The Morgan fingerprint density at radius 3 is 2.52 bits per heavy atom. The van der Waals surface area contributed by atoms with Crippen molar-refractivity contribution in [2.75, 3.05) is 0 Å². The van der Waals surface area contributed by atoms with Gasteiger partial charge in [-0.15, -0.1) is 11.3 Å². The van der Waals surface area contributed by atoms with E-state index in [1.807, 2.05) is 19.1 Å². The van der Waals surface area contributed by atoms with Crippen LogP contribution in [0.3, 0.4) is 0 Å². The van der Waals surface area contributed by atoms with Crippen LogP contribution in [0.25, 0.3) is 21.8 Å². The topological polar surface area (TPSA) is 51.8 Å². The first-order valence-corrected chi connectivity index (χ1v) is 7.40. The molecule has 1 aromatic carbocycles. The van der Waals surface area contributed by atoms with Gasteiger partial charge in [-0.1, -0.05) is 12.1 Å². The molecular formula is C16H14FN3S. The molecule has 0 aliphatic rings. The van der Waals surface area contributed by atoms with Crippen LogP contribution in [0.4, 0.5) is 4.39 Å². The number of halogens is 1. The van der Waals surface area contributed by atoms with Crippen LogP contribution in [0.5, 0.6) is 0 Å². The Morgan fingerprint density at radius 1 is 1.14 bits per heavy atom. The molecule has 0 amide bonds. The highest BCUT2D eigenvalue weighted by Gasteiger charge is 2.19. The number of hydrogen-bond donors (Lipinski definition) is 1. The van der Waals surface area contributed by atoms with Gasteiger partial charge in [0.25, 0.3) is 0 Å². The molecule has 3 aromatic rings. The quantitative estimate of drug-likeness (QED) is 0.794. The first kappa shape index (κ1) is 13.9. The number of nitrogens with two attached hydrogens (primary N) is 1. The molecule has 0 saturated carbocycles. The first-order chi connectivity index (χ1) is 10.2. The highest BCUT2D eigenvalue weighted by Crippen LogP contribution is 2.37. The maximum Gasteiger partial charge on any atom is 0.132 e. The summed E-state index contributed by atoms with van der Waals surface area (Å²) >= 11 is 1.49. The third-order valence-electron chi connectivity index (χ3n) is 3.12. The molecule has 2 aromatic heterocycles. The van der Waals surface area contributed by atoms with Crippen molar-refractivity contribution in [3.8, 4) is 21.8 Å². The number of hydrogen-bond acceptors (Lipinski definition) is 4. The van der Waals surface area contributed by atoms with Gasteiger partial charge in [0.05, 0.1) is 5.69 Å². The van der Waals surface area contributed by atoms with Crippen LogP contribution in [-0.2, 0) is 0 Å². The van der Waals surface area contributed by atoms with Gasteiger partial charge in [-0.3, -0.25) is 4.98 Å². The van der Waals surface area contributed by atoms with Gasteiger partial charge in [0.2, 0.25) is 0 Å². The molecule has 0 radical (unpaired) electrons. The Morgan fingerprint density at radius 2 is 1.86 bits per heavy atom. The number of thiazole rings is 1. The molecule has 0 spiro atoms. The summed E-state index contributed by atoms with van der Waals surface area (Å²) < 4.78 is 14.0. The zero-order chi connectivity index (χ0) is 14.8. The molecule has 0 saturated heterocycles. The molecule has 2 N–H and O–H groups in total. The van der Waals surface area contributed by atoms with E-state index in [-0.39, 0.29) is 11.9 Å². The Hall–Kier alpha value is -2.11. The van der Waals surface area contributed by atoms with E-state index in [0.717, 1.165) is 15.4 Å². The van der Waals surface area contributed by atoms with Crippen LogP contribution in [0, 0.1) is 5.82 Å². The summed E-state index contributed by atoms with van der Waals surface area (Å²) in [6.07, 6.45) is 3.43. The van der Waals surface area contributed by atoms with Gasteiger partial charge in [0.1, 0.15) is 10.8 Å². The van der Waals surface area contributed by atoms with E-state index in [1.54, 1.807) is 30.6 Å². The van der Waals surface area contributed by atoms with Gasteiger partial charge < -0.3 is 5.73 Å². The van der Waals surface area contributed by atoms with Crippen molar-refractivity contribution < 1.29 is 4.39 Å². The highest BCUT2D eigenvalue weighted by atomic mass is 32.1. The average Bonchev–Trinajstić information content (AvgIpc) is 2.94. The number of nitrogens with zero attached hydrogens (tertiary/aromatic N) is 2. The molecule has 1 atom stereocenters. The van der Waals surface area contributed by atoms with E-state index in [9.17, 15) is 4.39 Å². The maximum atomic E-state index is 14.0. The van der Waals surface area contributed by atoms with Crippen LogP contribution in [-0.4, -0.2) is 9.97 Å². The minimum Gasteiger partial charge on any atom is -0.323 e. The molecule has 0 aliphatic heterocycles. The molecule has 1 unspecified atom stereocenters. The van der Waals surface area contributed by atoms with Crippen LogP contribution >= 0.6 is 11.3 Å². The maximum absolute atomic E-state index is 14.0. The number of aromatic nitrogens is 2. The second kappa shape index (κ2) is 5.71. The van der Waals surface area contributed by atoms with E-state index in [4.69, 9.17) is 5.73 Å². The van der Waals surface area contributed by atoms with Crippen LogP contribution in [0.2, 0.25) is 0 Å². The largest absolute Gasteiger partial charge is 0.323 e. The van der Waals surface area contributed by atoms with Crippen molar-refractivity contribution >= 4 is 11.3 Å². The normalized spacial score (nSPS) is 12.3. The summed E-state index contributed by atoms with van der Waals surface area (Å²) in [5.41, 5.74) is 8.10. The molecule has 3 nitrogen and oxygen atoms in total. The Labute approximate surface area is 126 Å². The van der Waals surface area contributed by atoms with E-state index in [0.29, 0.717) is 11.3 Å². The summed E-state index contributed by atoms with van der Waals surface area (Å²) in [5.74, 6) is -0.286. The van der Waals surface area contributed by atoms with Gasteiger partial charge in [-0.25, -0.2) is 9.37 Å². The molecule has 0 fully saturated rings. The number of rotatable bonds is 3. The molecule has 5 heteroatoms. The molecule has 0 aliphatic carbocycles. The second-order valence-corrected chi connectivity index (χ2v) is 5.77. The standard InChI is InChI=1S/C16H14FN3S/c1-10(18)15-14(12-4-2-3-5-13(12)17)20-16(21-15)11-6-8-19-9-7-11/h2-10H,18H2,1H3. The SMILES string of the molecule is CC(N)c1sc(-c2ccncc2)nc1-c1ccccc1F. The predicted octanol–water partition coefficient (Wildman–Crippen LogP) is 4.03. The lowest BCUT2D eigenvalue weighted by atomic mass is 10.1. The minimum atomic E-state index is -0.286. The highest BCUT2D eigenvalue weighted by molar-refractivity contribution is 7.15. The van der Waals surface area contributed by atoms with Gasteiger partial charge in [0, 0.05) is 34.4 Å². The zero-order valence-corrected chi connectivity index (χ0v) is 12.3. The van der Waals surface area contributed by atoms with Crippen molar-refractivity contribution in [2.45, 2.75) is 13.0 Å². The Kier molecular flexibility index (Phi) is 3.77. The van der Waals surface area contributed by atoms with Crippen LogP contribution < -0.4 is 5.73 Å². The molecule has 3 rings (SSSR count). The average molecular weight is 299 g/mol. The fraction of sp³-hybridized carbons (Fsp3) is 0.125. The third kappa shape index (κ3) is 2.70. The Balaban J connectivity index is 2.17. The molecule has 0 bridgehead atoms. The smallest absolute Gasteiger partial charge is 0.132 e. The van der Waals surface area contributed by atoms with Crippen molar-refractivity contribution in [1.82, 2.24) is 9.97 Å². The van der Waals surface area contributed by atoms with Gasteiger partial charge in [-0.2, -0.15) is 0 Å². The lowest BCUT2D eigenvalue weighted by Gasteiger charge is -2.06. The molecule has 2 heterocycles. The summed E-state index contributed by atoms with van der Waals surface area (Å²) in [6.45, 7) is 1.88. The third-order valence-corrected chi connectivity index (χ3v) is 4.43. The molecule has 21 heavy (non-hydrogen) atoms. The lowest BCUT2D eigenvalue weighted by Crippen LogP contribution is -2.04. The van der Waals surface area contributed by atoms with Crippen molar-refractivity contribution in [2.24, 2.45) is 5.73 Å². The minimum absolute atomic E-state index is 0.201. The zero-order valence-electron chi connectivity index (χ0n) is 11.5. The lowest BCUT2D eigenvalue weighted by molar-refractivity contribution is 0.630. The predicted molar refractivity (Wildman–Crippen MR) is 83.3 cm³/mol. The second-order valence-electron chi connectivity index (χ2n) is 4.74. The van der Waals surface area contributed by atoms with E-state index < -0.39 is 0 Å².